The van der Waals surface area contributed by atoms with E-state index in [-0.39, 0.29) is 5.69 Å². The van der Waals surface area contributed by atoms with Crippen molar-refractivity contribution in [3.05, 3.63) is 59.4 Å². The molecule has 1 aromatic carbocycles. The second-order valence-electron chi connectivity index (χ2n) is 5.15. The number of amides is 2. The lowest BCUT2D eigenvalue weighted by atomic mass is 10.2. The van der Waals surface area contributed by atoms with Gasteiger partial charge in [0.05, 0.1) is 12.7 Å². The summed E-state index contributed by atoms with van der Waals surface area (Å²) < 4.78 is 6.96. The van der Waals surface area contributed by atoms with Gasteiger partial charge in [-0.15, -0.1) is 11.3 Å². The summed E-state index contributed by atoms with van der Waals surface area (Å²) in [7, 11) is 3.33. The summed E-state index contributed by atoms with van der Waals surface area (Å²) in [5.41, 5.74) is 6.21. The van der Waals surface area contributed by atoms with Gasteiger partial charge < -0.3 is 9.30 Å². The van der Waals surface area contributed by atoms with Gasteiger partial charge in [0.25, 0.3) is 11.8 Å². The first-order valence-electron chi connectivity index (χ1n) is 7.41. The maximum Gasteiger partial charge on any atom is 0.289 e. The fraction of sp³-hybridized carbons (Fsp3) is 0.118. The van der Waals surface area contributed by atoms with Crippen LogP contribution < -0.4 is 15.6 Å². The number of aryl methyl sites for hydroxylation is 1. The predicted octanol–water partition coefficient (Wildman–Crippen LogP) is 2.23. The van der Waals surface area contributed by atoms with Gasteiger partial charge in [-0.1, -0.05) is 12.1 Å². The number of carbonyl (C=O) groups excluding carboxylic acids is 2. The lowest BCUT2D eigenvalue weighted by Gasteiger charge is -2.07. The Hall–Kier alpha value is -3.13. The van der Waals surface area contributed by atoms with Crippen molar-refractivity contribution >= 4 is 23.2 Å². The maximum atomic E-state index is 12.2. The molecule has 0 bridgehead atoms. The quantitative estimate of drug-likeness (QED) is 0.702. The molecule has 0 aliphatic heterocycles. The molecule has 2 aromatic heterocycles. The first-order valence-corrected chi connectivity index (χ1v) is 8.29. The molecule has 8 heteroatoms. The van der Waals surface area contributed by atoms with Crippen LogP contribution in [0.5, 0.6) is 5.75 Å². The molecule has 0 aliphatic rings. The van der Waals surface area contributed by atoms with E-state index in [4.69, 9.17) is 4.74 Å². The van der Waals surface area contributed by atoms with E-state index in [1.54, 1.807) is 42.4 Å². The molecule has 0 spiro atoms. The van der Waals surface area contributed by atoms with Gasteiger partial charge >= 0.3 is 0 Å². The molecule has 3 rings (SSSR count). The number of nitrogens with one attached hydrogen (secondary N) is 2. The second kappa shape index (κ2) is 7.18. The van der Waals surface area contributed by atoms with Crippen LogP contribution in [0, 0.1) is 0 Å². The Morgan fingerprint density at radius 3 is 2.60 bits per heavy atom. The smallest absolute Gasteiger partial charge is 0.289 e. The molecule has 3 aromatic rings. The summed E-state index contributed by atoms with van der Waals surface area (Å²) in [6.45, 7) is 0. The van der Waals surface area contributed by atoms with Gasteiger partial charge in [-0.05, 0) is 24.3 Å². The standard InChI is InChI=1S/C17H16N4O3S/c1-21-9-5-7-13(21)16(23)20-19-15(22)12-10-25-17(18-12)11-6-3-4-8-14(11)24-2/h3-10H,1-2H3,(H,19,22)(H,20,23). The molecule has 128 valence electrons. The van der Waals surface area contributed by atoms with Crippen molar-refractivity contribution in [3.8, 4) is 16.3 Å². The van der Waals surface area contributed by atoms with Crippen LogP contribution in [0.15, 0.2) is 48.0 Å². The molecule has 0 radical (unpaired) electrons. The number of benzene rings is 1. The van der Waals surface area contributed by atoms with Gasteiger partial charge in [-0.3, -0.25) is 20.4 Å². The summed E-state index contributed by atoms with van der Waals surface area (Å²) >= 11 is 1.33. The molecule has 25 heavy (non-hydrogen) atoms. The summed E-state index contributed by atoms with van der Waals surface area (Å²) in [5.74, 6) is -0.207. The Bertz CT molecular complexity index is 916. The molecule has 0 saturated heterocycles. The minimum absolute atomic E-state index is 0.220. The molecule has 2 heterocycles. The Morgan fingerprint density at radius 1 is 1.12 bits per heavy atom. The van der Waals surface area contributed by atoms with Crippen LogP contribution in [0.25, 0.3) is 10.6 Å². The number of hydrazine groups is 1. The van der Waals surface area contributed by atoms with Gasteiger partial charge in [0.15, 0.2) is 0 Å². The molecule has 7 nitrogen and oxygen atoms in total. The van der Waals surface area contributed by atoms with Crippen molar-refractivity contribution < 1.29 is 14.3 Å². The van der Waals surface area contributed by atoms with E-state index in [9.17, 15) is 9.59 Å². The number of aromatic nitrogens is 2. The van der Waals surface area contributed by atoms with Crippen molar-refractivity contribution in [1.82, 2.24) is 20.4 Å². The highest BCUT2D eigenvalue weighted by Crippen LogP contribution is 2.31. The summed E-state index contributed by atoms with van der Waals surface area (Å²) in [6.07, 6.45) is 1.75. The number of hydrogen-bond donors (Lipinski definition) is 2. The van der Waals surface area contributed by atoms with Gasteiger partial charge in [0.1, 0.15) is 22.1 Å². The lowest BCUT2D eigenvalue weighted by Crippen LogP contribution is -2.42. The third kappa shape index (κ3) is 3.53. The monoisotopic (exact) mass is 356 g/mol. The second-order valence-corrected chi connectivity index (χ2v) is 6.01. The molecule has 0 unspecified atom stereocenters. The first kappa shape index (κ1) is 16.7. The molecule has 2 amide bonds. The normalized spacial score (nSPS) is 10.3. The van der Waals surface area contributed by atoms with E-state index in [2.05, 4.69) is 15.8 Å². The zero-order valence-corrected chi connectivity index (χ0v) is 14.5. The SMILES string of the molecule is COc1ccccc1-c1nc(C(=O)NNC(=O)c2cccn2C)cs1. The number of ether oxygens (including phenoxy) is 1. The number of thiazole rings is 1. The van der Waals surface area contributed by atoms with Crippen LogP contribution in [0.1, 0.15) is 21.0 Å². The fourth-order valence-electron chi connectivity index (χ4n) is 2.26. The topological polar surface area (TPSA) is 85.2 Å². The Kier molecular flexibility index (Phi) is 4.80. The average Bonchev–Trinajstić information content (AvgIpc) is 3.28. The minimum Gasteiger partial charge on any atom is -0.496 e. The van der Waals surface area contributed by atoms with Crippen molar-refractivity contribution in [1.29, 1.82) is 0 Å². The number of nitrogens with zero attached hydrogens (tertiary/aromatic N) is 2. The van der Waals surface area contributed by atoms with E-state index in [1.807, 2.05) is 24.3 Å². The zero-order valence-electron chi connectivity index (χ0n) is 13.6. The third-order valence-corrected chi connectivity index (χ3v) is 4.42. The predicted molar refractivity (Wildman–Crippen MR) is 94.4 cm³/mol. The largest absolute Gasteiger partial charge is 0.496 e. The van der Waals surface area contributed by atoms with Crippen LogP contribution >= 0.6 is 11.3 Å². The van der Waals surface area contributed by atoms with Crippen molar-refractivity contribution in [2.75, 3.05) is 7.11 Å². The van der Waals surface area contributed by atoms with Gasteiger partial charge in [0.2, 0.25) is 0 Å². The highest BCUT2D eigenvalue weighted by Gasteiger charge is 2.16. The number of methoxy groups -OCH3 is 1. The molecule has 2 N–H and O–H groups in total. The molecule has 0 saturated carbocycles. The molecular formula is C17H16N4O3S. The van der Waals surface area contributed by atoms with Crippen LogP contribution in [0.2, 0.25) is 0 Å². The van der Waals surface area contributed by atoms with Crippen molar-refractivity contribution in [2.24, 2.45) is 7.05 Å². The van der Waals surface area contributed by atoms with E-state index in [0.717, 1.165) is 5.56 Å². The molecule has 0 fully saturated rings. The highest BCUT2D eigenvalue weighted by molar-refractivity contribution is 7.13. The van der Waals surface area contributed by atoms with Gasteiger partial charge in [0, 0.05) is 18.6 Å². The number of hydrogen-bond acceptors (Lipinski definition) is 5. The van der Waals surface area contributed by atoms with E-state index < -0.39 is 11.8 Å². The van der Waals surface area contributed by atoms with Crippen LogP contribution in [0.4, 0.5) is 0 Å². The van der Waals surface area contributed by atoms with Crippen molar-refractivity contribution in [2.45, 2.75) is 0 Å². The van der Waals surface area contributed by atoms with Gasteiger partial charge in [-0.25, -0.2) is 4.98 Å². The lowest BCUT2D eigenvalue weighted by molar-refractivity contribution is 0.0840. The number of rotatable bonds is 4. The van der Waals surface area contributed by atoms with Crippen LogP contribution in [0.3, 0.4) is 0 Å². The van der Waals surface area contributed by atoms with E-state index >= 15 is 0 Å². The zero-order chi connectivity index (χ0) is 17.8. The molecular weight excluding hydrogens is 340 g/mol. The Morgan fingerprint density at radius 2 is 1.88 bits per heavy atom. The maximum absolute atomic E-state index is 12.2. The van der Waals surface area contributed by atoms with Crippen molar-refractivity contribution in [3.63, 3.8) is 0 Å². The van der Waals surface area contributed by atoms with E-state index in [1.165, 1.54) is 11.3 Å². The Labute approximate surface area is 148 Å². The first-order chi connectivity index (χ1) is 12.1. The Balaban J connectivity index is 1.69. The number of para-hydroxylation sites is 1. The summed E-state index contributed by atoms with van der Waals surface area (Å²) in [4.78, 5) is 28.5. The minimum atomic E-state index is -0.486. The summed E-state index contributed by atoms with van der Waals surface area (Å²) in [6, 6.07) is 10.8. The average molecular weight is 356 g/mol. The van der Waals surface area contributed by atoms with Crippen LogP contribution in [-0.4, -0.2) is 28.5 Å². The third-order valence-electron chi connectivity index (χ3n) is 3.54. The van der Waals surface area contributed by atoms with Gasteiger partial charge in [-0.2, -0.15) is 0 Å². The molecule has 0 atom stereocenters. The molecule has 0 aliphatic carbocycles. The fourth-order valence-corrected chi connectivity index (χ4v) is 3.09. The summed E-state index contributed by atoms with van der Waals surface area (Å²) in [5, 5.41) is 2.29. The van der Waals surface area contributed by atoms with Crippen LogP contribution in [-0.2, 0) is 7.05 Å². The van der Waals surface area contributed by atoms with E-state index in [0.29, 0.717) is 16.5 Å². The highest BCUT2D eigenvalue weighted by atomic mass is 32.1. The number of carbonyl (C=O) groups is 2.